The number of nitrogens with zero attached hydrogens (tertiary/aromatic N) is 2. The number of H-pyrrole nitrogens is 1. The minimum Gasteiger partial charge on any atom is -0.329 e. The SMILES string of the molecule is CCC(C)(CN)N(C)S(=O)(=O)c1ccn[nH]1. The zero-order chi connectivity index (χ0) is 12.4. The Hall–Kier alpha value is -0.920. The van der Waals surface area contributed by atoms with Crippen LogP contribution in [-0.4, -0.2) is 42.1 Å². The van der Waals surface area contributed by atoms with Crippen LogP contribution in [0, 0.1) is 0 Å². The Kier molecular flexibility index (Phi) is 3.72. The lowest BCUT2D eigenvalue weighted by Gasteiger charge is -2.35. The maximum absolute atomic E-state index is 12.2. The molecule has 1 aromatic heterocycles. The first-order valence-corrected chi connectivity index (χ1v) is 6.51. The van der Waals surface area contributed by atoms with Crippen LogP contribution in [0.25, 0.3) is 0 Å². The van der Waals surface area contributed by atoms with E-state index in [2.05, 4.69) is 10.2 Å². The number of sulfonamides is 1. The summed E-state index contributed by atoms with van der Waals surface area (Å²) in [5.74, 6) is 0. The average molecular weight is 246 g/mol. The van der Waals surface area contributed by atoms with Gasteiger partial charge in [0.05, 0.1) is 6.20 Å². The Bertz CT molecular complexity index is 422. The molecule has 1 rings (SSSR count). The zero-order valence-corrected chi connectivity index (χ0v) is 10.6. The van der Waals surface area contributed by atoms with Gasteiger partial charge in [-0.1, -0.05) is 6.92 Å². The minimum absolute atomic E-state index is 0.0862. The molecule has 0 aliphatic rings. The predicted octanol–water partition coefficient (Wildman–Crippen LogP) is 0.158. The number of hydrogen-bond donors (Lipinski definition) is 2. The fraction of sp³-hybridized carbons (Fsp3) is 0.667. The molecular formula is C9H18N4O2S. The highest BCUT2D eigenvalue weighted by Crippen LogP contribution is 2.23. The number of aromatic nitrogens is 2. The number of rotatable bonds is 5. The van der Waals surface area contributed by atoms with E-state index in [0.29, 0.717) is 6.42 Å². The van der Waals surface area contributed by atoms with Gasteiger partial charge >= 0.3 is 0 Å². The van der Waals surface area contributed by atoms with Crippen LogP contribution >= 0.6 is 0 Å². The molecular weight excluding hydrogens is 228 g/mol. The van der Waals surface area contributed by atoms with Crippen molar-refractivity contribution < 1.29 is 8.42 Å². The van der Waals surface area contributed by atoms with E-state index in [-0.39, 0.29) is 11.6 Å². The number of aromatic amines is 1. The van der Waals surface area contributed by atoms with Crippen LogP contribution in [0.4, 0.5) is 0 Å². The molecule has 0 bridgehead atoms. The summed E-state index contributed by atoms with van der Waals surface area (Å²) in [7, 11) is -2.01. The normalized spacial score (nSPS) is 16.3. The van der Waals surface area contributed by atoms with Crippen molar-refractivity contribution in [2.24, 2.45) is 5.73 Å². The monoisotopic (exact) mass is 246 g/mol. The van der Waals surface area contributed by atoms with Crippen LogP contribution in [0.2, 0.25) is 0 Å². The van der Waals surface area contributed by atoms with Gasteiger partial charge in [0.25, 0.3) is 10.0 Å². The number of nitrogens with one attached hydrogen (secondary N) is 1. The van der Waals surface area contributed by atoms with Crippen molar-refractivity contribution in [2.45, 2.75) is 30.8 Å². The van der Waals surface area contributed by atoms with Crippen molar-refractivity contribution in [2.75, 3.05) is 13.6 Å². The fourth-order valence-electron chi connectivity index (χ4n) is 1.32. The molecule has 0 aliphatic carbocycles. The van der Waals surface area contributed by atoms with Gasteiger partial charge in [-0.05, 0) is 19.4 Å². The molecule has 6 nitrogen and oxygen atoms in total. The lowest BCUT2D eigenvalue weighted by Crippen LogP contribution is -2.51. The molecule has 1 aromatic rings. The van der Waals surface area contributed by atoms with Gasteiger partial charge in [0.2, 0.25) is 0 Å². The minimum atomic E-state index is -3.54. The molecule has 0 aromatic carbocycles. The Balaban J connectivity index is 3.11. The van der Waals surface area contributed by atoms with Gasteiger partial charge in [0, 0.05) is 19.1 Å². The topological polar surface area (TPSA) is 92.1 Å². The summed E-state index contributed by atoms with van der Waals surface area (Å²) < 4.78 is 25.6. The standard InChI is InChI=1S/C9H18N4O2S/c1-4-9(2,7-10)13(3)16(14,15)8-5-6-11-12-8/h5-6H,4,7,10H2,1-3H3,(H,11,12). The van der Waals surface area contributed by atoms with E-state index >= 15 is 0 Å². The molecule has 0 saturated carbocycles. The first kappa shape index (κ1) is 13.1. The van der Waals surface area contributed by atoms with Gasteiger partial charge in [-0.3, -0.25) is 5.10 Å². The molecule has 1 atom stereocenters. The molecule has 3 N–H and O–H groups in total. The largest absolute Gasteiger partial charge is 0.329 e. The van der Waals surface area contributed by atoms with Crippen molar-refractivity contribution in [3.05, 3.63) is 12.3 Å². The van der Waals surface area contributed by atoms with E-state index in [1.54, 1.807) is 0 Å². The lowest BCUT2D eigenvalue weighted by atomic mass is 10.00. The molecule has 0 spiro atoms. The summed E-state index contributed by atoms with van der Waals surface area (Å²) in [6, 6.07) is 1.43. The molecule has 1 heterocycles. The summed E-state index contributed by atoms with van der Waals surface area (Å²) in [5.41, 5.74) is 5.06. The Morgan fingerprint density at radius 3 is 2.62 bits per heavy atom. The van der Waals surface area contributed by atoms with E-state index in [0.717, 1.165) is 0 Å². The zero-order valence-electron chi connectivity index (χ0n) is 9.77. The van der Waals surface area contributed by atoms with Crippen molar-refractivity contribution in [3.8, 4) is 0 Å². The number of likely N-dealkylation sites (N-methyl/N-ethyl adjacent to an activating group) is 1. The third-order valence-corrected chi connectivity index (χ3v) is 5.02. The second-order valence-corrected chi connectivity index (χ2v) is 5.89. The Morgan fingerprint density at radius 1 is 1.62 bits per heavy atom. The number of hydrogen-bond acceptors (Lipinski definition) is 4. The molecule has 0 aliphatic heterocycles. The highest BCUT2D eigenvalue weighted by Gasteiger charge is 2.35. The van der Waals surface area contributed by atoms with E-state index in [9.17, 15) is 8.42 Å². The lowest BCUT2D eigenvalue weighted by molar-refractivity contribution is 0.239. The molecule has 7 heteroatoms. The third-order valence-electron chi connectivity index (χ3n) is 3.08. The van der Waals surface area contributed by atoms with E-state index in [1.165, 1.54) is 23.6 Å². The van der Waals surface area contributed by atoms with E-state index < -0.39 is 15.6 Å². The molecule has 1 unspecified atom stereocenters. The Morgan fingerprint density at radius 2 is 2.25 bits per heavy atom. The summed E-state index contributed by atoms with van der Waals surface area (Å²) >= 11 is 0. The second-order valence-electron chi connectivity index (χ2n) is 3.95. The van der Waals surface area contributed by atoms with Crippen molar-refractivity contribution in [1.82, 2.24) is 14.5 Å². The molecule has 16 heavy (non-hydrogen) atoms. The smallest absolute Gasteiger partial charge is 0.260 e. The van der Waals surface area contributed by atoms with Gasteiger partial charge in [0.1, 0.15) is 0 Å². The maximum Gasteiger partial charge on any atom is 0.260 e. The summed E-state index contributed by atoms with van der Waals surface area (Å²) in [5, 5.41) is 6.19. The van der Waals surface area contributed by atoms with Crippen LogP contribution < -0.4 is 5.73 Å². The van der Waals surface area contributed by atoms with Crippen LogP contribution in [0.3, 0.4) is 0 Å². The van der Waals surface area contributed by atoms with Crippen LogP contribution in [0.15, 0.2) is 17.3 Å². The van der Waals surface area contributed by atoms with Gasteiger partial charge in [-0.2, -0.15) is 9.40 Å². The van der Waals surface area contributed by atoms with Crippen LogP contribution in [-0.2, 0) is 10.0 Å². The van der Waals surface area contributed by atoms with E-state index in [1.807, 2.05) is 13.8 Å². The van der Waals surface area contributed by atoms with Crippen LogP contribution in [0.1, 0.15) is 20.3 Å². The van der Waals surface area contributed by atoms with Gasteiger partial charge in [-0.15, -0.1) is 0 Å². The first-order chi connectivity index (χ1) is 7.38. The number of nitrogens with two attached hydrogens (primary N) is 1. The summed E-state index contributed by atoms with van der Waals surface area (Å²) in [4.78, 5) is 0. The highest BCUT2D eigenvalue weighted by atomic mass is 32.2. The highest BCUT2D eigenvalue weighted by molar-refractivity contribution is 7.89. The maximum atomic E-state index is 12.2. The predicted molar refractivity (Wildman–Crippen MR) is 61.3 cm³/mol. The average Bonchev–Trinajstić information content (AvgIpc) is 2.81. The van der Waals surface area contributed by atoms with Gasteiger partial charge < -0.3 is 5.73 Å². The molecule has 0 amide bonds. The fourth-order valence-corrected chi connectivity index (χ4v) is 2.80. The summed E-state index contributed by atoms with van der Waals surface area (Å²) in [6.07, 6.45) is 2.06. The first-order valence-electron chi connectivity index (χ1n) is 5.07. The van der Waals surface area contributed by atoms with Crippen LogP contribution in [0.5, 0.6) is 0 Å². The molecule has 0 saturated heterocycles. The molecule has 0 fully saturated rings. The van der Waals surface area contributed by atoms with E-state index in [4.69, 9.17) is 5.73 Å². The second kappa shape index (κ2) is 4.52. The third kappa shape index (κ3) is 2.11. The van der Waals surface area contributed by atoms with Crippen molar-refractivity contribution >= 4 is 10.0 Å². The Labute approximate surface area is 95.9 Å². The van der Waals surface area contributed by atoms with Crippen molar-refractivity contribution in [1.29, 1.82) is 0 Å². The molecule has 92 valence electrons. The van der Waals surface area contributed by atoms with Gasteiger partial charge in [0.15, 0.2) is 5.03 Å². The quantitative estimate of drug-likeness (QED) is 0.774. The van der Waals surface area contributed by atoms with Gasteiger partial charge in [-0.25, -0.2) is 8.42 Å². The summed E-state index contributed by atoms with van der Waals surface area (Å²) in [6.45, 7) is 4.00. The molecule has 0 radical (unpaired) electrons. The van der Waals surface area contributed by atoms with Crippen molar-refractivity contribution in [3.63, 3.8) is 0 Å².